The van der Waals surface area contributed by atoms with Crippen molar-refractivity contribution in [3.8, 4) is 5.75 Å². The van der Waals surface area contributed by atoms with E-state index in [9.17, 15) is 0 Å². The number of nitrogens with two attached hydrogens (primary N) is 1. The average molecular weight is 361 g/mol. The molecule has 2 heterocycles. The van der Waals surface area contributed by atoms with E-state index in [4.69, 9.17) is 27.5 Å². The first-order valence-corrected chi connectivity index (χ1v) is 8.58. The molecule has 1 saturated heterocycles. The van der Waals surface area contributed by atoms with Gasteiger partial charge in [0, 0.05) is 11.6 Å². The maximum Gasteiger partial charge on any atom is 0.226 e. The normalized spacial score (nSPS) is 14.9. The number of aromatic nitrogens is 2. The molecule has 0 aliphatic carbocycles. The molecule has 7 nitrogen and oxygen atoms in total. The third kappa shape index (κ3) is 4.58. The maximum absolute atomic E-state index is 8.27. The largest absolute Gasteiger partial charge is 0.439 e. The summed E-state index contributed by atoms with van der Waals surface area (Å²) in [6, 6.07) is 6.86. The van der Waals surface area contributed by atoms with Crippen LogP contribution in [0, 0.1) is 11.3 Å². The first kappa shape index (κ1) is 17.4. The van der Waals surface area contributed by atoms with Crippen molar-refractivity contribution in [2.24, 2.45) is 5.92 Å². The Balaban J connectivity index is 1.74. The fourth-order valence-corrected chi connectivity index (χ4v) is 2.96. The zero-order valence-electron chi connectivity index (χ0n) is 13.8. The summed E-state index contributed by atoms with van der Waals surface area (Å²) in [4.78, 5) is 8.22. The zero-order valence-corrected chi connectivity index (χ0v) is 14.5. The zero-order chi connectivity index (χ0) is 17.6. The van der Waals surface area contributed by atoms with Crippen LogP contribution in [0.3, 0.4) is 0 Å². The van der Waals surface area contributed by atoms with Gasteiger partial charge in [0.25, 0.3) is 0 Å². The standard InChI is InChI=1S/C17H21ClN6O/c18-12-2-1-3-13(8-12)25-16(20)14-15(19)23-10-24-17(14)22-9-11-4-6-21-7-5-11/h1-3,8,10-11,20-21H,4-7,9H2,(H3,19,22,23,24). The van der Waals surface area contributed by atoms with E-state index < -0.39 is 0 Å². The quantitative estimate of drug-likeness (QED) is 0.482. The van der Waals surface area contributed by atoms with Gasteiger partial charge in [0.1, 0.15) is 29.3 Å². The number of ether oxygens (including phenoxy) is 1. The van der Waals surface area contributed by atoms with E-state index in [1.54, 1.807) is 24.3 Å². The lowest BCUT2D eigenvalue weighted by Crippen LogP contribution is -2.31. The predicted molar refractivity (Wildman–Crippen MR) is 99.4 cm³/mol. The summed E-state index contributed by atoms with van der Waals surface area (Å²) >= 11 is 5.96. The molecule has 0 amide bonds. The summed E-state index contributed by atoms with van der Waals surface area (Å²) in [5, 5.41) is 15.4. The molecule has 0 atom stereocenters. The van der Waals surface area contributed by atoms with Crippen molar-refractivity contribution < 1.29 is 4.74 Å². The number of nitrogen functional groups attached to an aromatic ring is 1. The van der Waals surface area contributed by atoms with Crippen LogP contribution in [0.5, 0.6) is 5.75 Å². The Morgan fingerprint density at radius 3 is 2.92 bits per heavy atom. The van der Waals surface area contributed by atoms with Crippen LogP contribution < -0.4 is 21.1 Å². The Kier molecular flexibility index (Phi) is 5.67. The van der Waals surface area contributed by atoms with Crippen LogP contribution in [-0.4, -0.2) is 35.5 Å². The fraction of sp³-hybridized carbons (Fsp3) is 0.353. The van der Waals surface area contributed by atoms with E-state index in [-0.39, 0.29) is 11.7 Å². The van der Waals surface area contributed by atoms with Gasteiger partial charge in [0.05, 0.1) is 0 Å². The fourth-order valence-electron chi connectivity index (χ4n) is 2.78. The number of benzene rings is 1. The summed E-state index contributed by atoms with van der Waals surface area (Å²) < 4.78 is 5.58. The third-order valence-electron chi connectivity index (χ3n) is 4.14. The highest BCUT2D eigenvalue weighted by Crippen LogP contribution is 2.23. The molecular formula is C17H21ClN6O. The van der Waals surface area contributed by atoms with Gasteiger partial charge in [0.2, 0.25) is 5.90 Å². The molecule has 8 heteroatoms. The van der Waals surface area contributed by atoms with Gasteiger partial charge in [-0.2, -0.15) is 0 Å². The third-order valence-corrected chi connectivity index (χ3v) is 4.37. The van der Waals surface area contributed by atoms with Crippen LogP contribution in [0.2, 0.25) is 5.02 Å². The van der Waals surface area contributed by atoms with Crippen molar-refractivity contribution in [1.82, 2.24) is 15.3 Å². The monoisotopic (exact) mass is 360 g/mol. The molecule has 0 bridgehead atoms. The molecule has 132 valence electrons. The molecule has 1 aromatic heterocycles. The number of nitrogens with zero attached hydrogens (tertiary/aromatic N) is 2. The first-order valence-electron chi connectivity index (χ1n) is 8.21. The van der Waals surface area contributed by atoms with Crippen molar-refractivity contribution in [1.29, 1.82) is 5.41 Å². The summed E-state index contributed by atoms with van der Waals surface area (Å²) in [6.07, 6.45) is 3.61. The lowest BCUT2D eigenvalue weighted by Gasteiger charge is -2.23. The summed E-state index contributed by atoms with van der Waals surface area (Å²) in [5.74, 6) is 1.62. The summed E-state index contributed by atoms with van der Waals surface area (Å²) in [5.41, 5.74) is 6.32. The number of nitrogens with one attached hydrogen (secondary N) is 3. The van der Waals surface area contributed by atoms with E-state index in [1.807, 2.05) is 0 Å². The summed E-state index contributed by atoms with van der Waals surface area (Å²) in [6.45, 7) is 2.83. The van der Waals surface area contributed by atoms with Gasteiger partial charge in [0.15, 0.2) is 0 Å². The second-order valence-corrected chi connectivity index (χ2v) is 6.38. The molecule has 1 fully saturated rings. The molecule has 1 aliphatic rings. The number of anilines is 2. The number of hydrogen-bond acceptors (Lipinski definition) is 7. The molecule has 3 rings (SSSR count). The van der Waals surface area contributed by atoms with Gasteiger partial charge in [-0.25, -0.2) is 9.97 Å². The molecule has 25 heavy (non-hydrogen) atoms. The smallest absolute Gasteiger partial charge is 0.226 e. The van der Waals surface area contributed by atoms with Gasteiger partial charge in [-0.15, -0.1) is 0 Å². The van der Waals surface area contributed by atoms with Gasteiger partial charge in [-0.3, -0.25) is 5.41 Å². The number of hydrogen-bond donors (Lipinski definition) is 4. The summed E-state index contributed by atoms with van der Waals surface area (Å²) in [7, 11) is 0. The van der Waals surface area contributed by atoms with Crippen molar-refractivity contribution in [2.45, 2.75) is 12.8 Å². The van der Waals surface area contributed by atoms with E-state index in [0.717, 1.165) is 32.5 Å². The van der Waals surface area contributed by atoms with E-state index in [0.29, 0.717) is 28.1 Å². The average Bonchev–Trinajstić information content (AvgIpc) is 2.61. The van der Waals surface area contributed by atoms with Crippen molar-refractivity contribution in [3.63, 3.8) is 0 Å². The topological polar surface area (TPSA) is 109 Å². The minimum absolute atomic E-state index is 0.117. The molecule has 5 N–H and O–H groups in total. The van der Waals surface area contributed by atoms with E-state index in [1.165, 1.54) is 6.33 Å². The van der Waals surface area contributed by atoms with Crippen LogP contribution in [0.25, 0.3) is 0 Å². The Morgan fingerprint density at radius 1 is 1.36 bits per heavy atom. The highest BCUT2D eigenvalue weighted by molar-refractivity contribution is 6.30. The van der Waals surface area contributed by atoms with E-state index >= 15 is 0 Å². The van der Waals surface area contributed by atoms with Crippen LogP contribution >= 0.6 is 11.6 Å². The molecule has 1 aromatic carbocycles. The van der Waals surface area contributed by atoms with E-state index in [2.05, 4.69) is 20.6 Å². The Bertz CT molecular complexity index is 748. The molecule has 0 unspecified atom stereocenters. The predicted octanol–water partition coefficient (Wildman–Crippen LogP) is 2.53. The minimum Gasteiger partial charge on any atom is -0.439 e. The molecular weight excluding hydrogens is 340 g/mol. The van der Waals surface area contributed by atoms with Crippen molar-refractivity contribution in [2.75, 3.05) is 30.7 Å². The Hall–Kier alpha value is -2.38. The molecule has 0 spiro atoms. The molecule has 0 radical (unpaired) electrons. The van der Waals surface area contributed by atoms with Crippen molar-refractivity contribution in [3.05, 3.63) is 41.2 Å². The van der Waals surface area contributed by atoms with Crippen molar-refractivity contribution >= 4 is 29.1 Å². The number of halogens is 1. The Morgan fingerprint density at radius 2 is 2.16 bits per heavy atom. The van der Waals surface area contributed by atoms with Crippen LogP contribution in [-0.2, 0) is 0 Å². The number of piperidine rings is 1. The molecule has 2 aromatic rings. The van der Waals surface area contributed by atoms with Gasteiger partial charge >= 0.3 is 0 Å². The molecule has 1 aliphatic heterocycles. The number of rotatable bonds is 5. The SMILES string of the molecule is N=C(Oc1cccc(Cl)c1)c1c(N)ncnc1NCC1CCNCC1. The maximum atomic E-state index is 8.27. The van der Waals surface area contributed by atoms with Gasteiger partial charge in [-0.1, -0.05) is 17.7 Å². The lowest BCUT2D eigenvalue weighted by atomic mass is 9.98. The molecule has 0 saturated carbocycles. The van der Waals surface area contributed by atoms with Crippen LogP contribution in [0.15, 0.2) is 30.6 Å². The first-order chi connectivity index (χ1) is 12.1. The highest BCUT2D eigenvalue weighted by Gasteiger charge is 2.19. The second-order valence-electron chi connectivity index (χ2n) is 5.95. The lowest BCUT2D eigenvalue weighted by molar-refractivity contribution is 0.389. The second kappa shape index (κ2) is 8.13. The van der Waals surface area contributed by atoms with Crippen LogP contribution in [0.1, 0.15) is 18.4 Å². The van der Waals surface area contributed by atoms with Crippen LogP contribution in [0.4, 0.5) is 11.6 Å². The highest BCUT2D eigenvalue weighted by atomic mass is 35.5. The van der Waals surface area contributed by atoms with Gasteiger partial charge < -0.3 is 21.1 Å². The Labute approximate surface area is 151 Å². The van der Waals surface area contributed by atoms with Gasteiger partial charge in [-0.05, 0) is 50.0 Å². The minimum atomic E-state index is -0.117.